The van der Waals surface area contributed by atoms with Crippen molar-refractivity contribution in [3.8, 4) is 0 Å². The number of aliphatic hydroxyl groups is 1. The second-order valence-corrected chi connectivity index (χ2v) is 6.46. The van der Waals surface area contributed by atoms with Crippen LogP contribution in [-0.4, -0.2) is 40.1 Å². The molecule has 0 aliphatic carbocycles. The van der Waals surface area contributed by atoms with Crippen molar-refractivity contribution in [3.63, 3.8) is 0 Å². The van der Waals surface area contributed by atoms with Gasteiger partial charge in [-0.25, -0.2) is 4.98 Å². The number of benzene rings is 1. The Morgan fingerprint density at radius 1 is 1.48 bits per heavy atom. The Balaban J connectivity index is 1.87. The second kappa shape index (κ2) is 5.99. The lowest BCUT2D eigenvalue weighted by Crippen LogP contribution is -2.44. The van der Waals surface area contributed by atoms with Gasteiger partial charge in [-0.1, -0.05) is 11.3 Å². The van der Waals surface area contributed by atoms with Crippen LogP contribution in [0.4, 0.5) is 5.13 Å². The number of amides is 1. The Kier molecular flexibility index (Phi) is 4.07. The van der Waals surface area contributed by atoms with E-state index in [1.807, 2.05) is 23.1 Å². The normalized spacial score (nSPS) is 19.1. The molecule has 1 aliphatic rings. The first-order chi connectivity index (χ1) is 10.2. The fraction of sp³-hybridized carbons (Fsp3) is 0.467. The lowest BCUT2D eigenvalue weighted by atomic mass is 9.98. The highest BCUT2D eigenvalue weighted by molar-refractivity contribution is 7.22. The maximum absolute atomic E-state index is 12.7. The van der Waals surface area contributed by atoms with Crippen molar-refractivity contribution >= 4 is 32.6 Å². The maximum Gasteiger partial charge on any atom is 0.254 e. The Hall–Kier alpha value is -1.66. The van der Waals surface area contributed by atoms with Crippen LogP contribution in [0.2, 0.25) is 0 Å². The van der Waals surface area contributed by atoms with Gasteiger partial charge in [-0.05, 0) is 43.9 Å². The molecule has 3 rings (SSSR count). The molecule has 1 amide bonds. The lowest BCUT2D eigenvalue weighted by Gasteiger charge is -2.35. The summed E-state index contributed by atoms with van der Waals surface area (Å²) < 4.78 is 0.939. The van der Waals surface area contributed by atoms with Gasteiger partial charge in [0.15, 0.2) is 5.13 Å². The van der Waals surface area contributed by atoms with E-state index in [-0.39, 0.29) is 18.6 Å². The smallest absolute Gasteiger partial charge is 0.254 e. The third kappa shape index (κ3) is 2.87. The first kappa shape index (κ1) is 14.3. The molecule has 0 saturated carbocycles. The molecule has 1 unspecified atom stereocenters. The van der Waals surface area contributed by atoms with Crippen LogP contribution in [0.15, 0.2) is 18.2 Å². The van der Waals surface area contributed by atoms with Crippen molar-refractivity contribution in [2.45, 2.75) is 31.7 Å². The molecule has 1 saturated heterocycles. The van der Waals surface area contributed by atoms with Gasteiger partial charge in [-0.15, -0.1) is 0 Å². The summed E-state index contributed by atoms with van der Waals surface area (Å²) in [5.41, 5.74) is 7.22. The summed E-state index contributed by atoms with van der Waals surface area (Å²) in [5, 5.41) is 9.69. The third-order valence-corrected chi connectivity index (χ3v) is 4.85. The van der Waals surface area contributed by atoms with Crippen LogP contribution in [-0.2, 0) is 0 Å². The van der Waals surface area contributed by atoms with Crippen LogP contribution >= 0.6 is 11.3 Å². The number of thiazole rings is 1. The first-order valence-corrected chi connectivity index (χ1v) is 8.08. The van der Waals surface area contributed by atoms with Crippen molar-refractivity contribution < 1.29 is 9.90 Å². The molecule has 2 aromatic rings. The minimum absolute atomic E-state index is 0.0435. The van der Waals surface area contributed by atoms with Crippen molar-refractivity contribution in [2.75, 3.05) is 18.9 Å². The van der Waals surface area contributed by atoms with Crippen LogP contribution in [0.1, 0.15) is 36.0 Å². The van der Waals surface area contributed by atoms with E-state index in [9.17, 15) is 9.90 Å². The van der Waals surface area contributed by atoms with Gasteiger partial charge < -0.3 is 15.7 Å². The van der Waals surface area contributed by atoms with E-state index in [4.69, 9.17) is 5.73 Å². The van der Waals surface area contributed by atoms with Gasteiger partial charge in [0.2, 0.25) is 0 Å². The maximum atomic E-state index is 12.7. The standard InChI is InChI=1S/C15H19N3O2S/c16-15-17-12-5-4-10(9-13(12)21-15)14(20)18-7-2-1-3-11(18)6-8-19/h4-5,9,11,19H,1-3,6-8H2,(H2,16,17). The molecule has 0 bridgehead atoms. The average Bonchev–Trinajstić information content (AvgIpc) is 2.86. The van der Waals surface area contributed by atoms with E-state index in [2.05, 4.69) is 4.98 Å². The number of hydrogen-bond acceptors (Lipinski definition) is 5. The Bertz CT molecular complexity index is 653. The van der Waals surface area contributed by atoms with Gasteiger partial charge >= 0.3 is 0 Å². The van der Waals surface area contributed by atoms with Gasteiger partial charge in [0.25, 0.3) is 5.91 Å². The van der Waals surface area contributed by atoms with E-state index in [0.717, 1.165) is 36.0 Å². The summed E-state index contributed by atoms with van der Waals surface area (Å²) in [6.07, 6.45) is 3.78. The SMILES string of the molecule is Nc1nc2ccc(C(=O)N3CCCCC3CCO)cc2s1. The third-order valence-electron chi connectivity index (χ3n) is 4.00. The van der Waals surface area contributed by atoms with Gasteiger partial charge in [0.05, 0.1) is 10.2 Å². The summed E-state index contributed by atoms with van der Waals surface area (Å²) in [5.74, 6) is 0.0435. The number of nitrogens with zero attached hydrogens (tertiary/aromatic N) is 2. The summed E-state index contributed by atoms with van der Waals surface area (Å²) >= 11 is 1.40. The molecule has 0 radical (unpaired) electrons. The van der Waals surface area contributed by atoms with Crippen molar-refractivity contribution in [3.05, 3.63) is 23.8 Å². The minimum Gasteiger partial charge on any atom is -0.396 e. The monoisotopic (exact) mass is 305 g/mol. The zero-order valence-electron chi connectivity index (χ0n) is 11.8. The highest BCUT2D eigenvalue weighted by Gasteiger charge is 2.27. The fourth-order valence-corrected chi connectivity index (χ4v) is 3.73. The van der Waals surface area contributed by atoms with E-state index < -0.39 is 0 Å². The number of piperidine rings is 1. The molecule has 1 aliphatic heterocycles. The Labute approximate surface area is 127 Å². The van der Waals surface area contributed by atoms with Gasteiger partial charge in [0.1, 0.15) is 0 Å². The molecular formula is C15H19N3O2S. The quantitative estimate of drug-likeness (QED) is 0.911. The van der Waals surface area contributed by atoms with Crippen LogP contribution in [0.25, 0.3) is 10.2 Å². The first-order valence-electron chi connectivity index (χ1n) is 7.27. The Morgan fingerprint density at radius 2 is 2.33 bits per heavy atom. The molecule has 2 heterocycles. The topological polar surface area (TPSA) is 79.5 Å². The highest BCUT2D eigenvalue weighted by atomic mass is 32.1. The molecule has 21 heavy (non-hydrogen) atoms. The number of fused-ring (bicyclic) bond motifs is 1. The summed E-state index contributed by atoms with van der Waals surface area (Å²) in [7, 11) is 0. The van der Waals surface area contributed by atoms with Crippen molar-refractivity contribution in [1.29, 1.82) is 0 Å². The number of aliphatic hydroxyl groups excluding tert-OH is 1. The highest BCUT2D eigenvalue weighted by Crippen LogP contribution is 2.27. The number of likely N-dealkylation sites (tertiary alicyclic amines) is 1. The number of carbonyl (C=O) groups is 1. The fourth-order valence-electron chi connectivity index (χ4n) is 2.96. The van der Waals surface area contributed by atoms with Crippen LogP contribution in [0.3, 0.4) is 0 Å². The number of nitrogens with two attached hydrogens (primary N) is 1. The van der Waals surface area contributed by atoms with E-state index in [0.29, 0.717) is 17.1 Å². The summed E-state index contributed by atoms with van der Waals surface area (Å²) in [4.78, 5) is 18.8. The zero-order chi connectivity index (χ0) is 14.8. The minimum atomic E-state index is 0.0435. The molecule has 1 atom stereocenters. The van der Waals surface area contributed by atoms with Crippen LogP contribution < -0.4 is 5.73 Å². The van der Waals surface area contributed by atoms with Crippen molar-refractivity contribution in [2.24, 2.45) is 0 Å². The molecule has 0 spiro atoms. The molecule has 1 fully saturated rings. The molecule has 112 valence electrons. The van der Waals surface area contributed by atoms with Gasteiger partial charge in [-0.3, -0.25) is 4.79 Å². The van der Waals surface area contributed by atoms with Gasteiger partial charge in [0, 0.05) is 24.8 Å². The Morgan fingerprint density at radius 3 is 3.14 bits per heavy atom. The van der Waals surface area contributed by atoms with Crippen LogP contribution in [0.5, 0.6) is 0 Å². The molecule has 5 nitrogen and oxygen atoms in total. The number of anilines is 1. The van der Waals surface area contributed by atoms with Crippen LogP contribution in [0, 0.1) is 0 Å². The van der Waals surface area contributed by atoms with Gasteiger partial charge in [-0.2, -0.15) is 0 Å². The number of aromatic nitrogens is 1. The summed E-state index contributed by atoms with van der Waals surface area (Å²) in [6.45, 7) is 0.894. The van der Waals surface area contributed by atoms with E-state index in [1.165, 1.54) is 11.3 Å². The molecular weight excluding hydrogens is 286 g/mol. The average molecular weight is 305 g/mol. The molecule has 3 N–H and O–H groups in total. The predicted octanol–water partition coefficient (Wildman–Crippen LogP) is 2.26. The largest absolute Gasteiger partial charge is 0.396 e. The zero-order valence-corrected chi connectivity index (χ0v) is 12.6. The number of hydrogen-bond donors (Lipinski definition) is 2. The molecule has 6 heteroatoms. The van der Waals surface area contributed by atoms with Crippen molar-refractivity contribution in [1.82, 2.24) is 9.88 Å². The molecule has 1 aromatic carbocycles. The predicted molar refractivity (Wildman–Crippen MR) is 84.4 cm³/mol. The summed E-state index contributed by atoms with van der Waals surface area (Å²) in [6, 6.07) is 5.68. The second-order valence-electron chi connectivity index (χ2n) is 5.40. The van der Waals surface area contributed by atoms with E-state index in [1.54, 1.807) is 0 Å². The van der Waals surface area contributed by atoms with E-state index >= 15 is 0 Å². The lowest BCUT2D eigenvalue weighted by molar-refractivity contribution is 0.0575. The number of rotatable bonds is 3. The molecule has 1 aromatic heterocycles. The number of nitrogen functional groups attached to an aromatic ring is 1. The number of carbonyl (C=O) groups excluding carboxylic acids is 1.